The van der Waals surface area contributed by atoms with E-state index in [0.29, 0.717) is 12.4 Å². The number of carbonyl (C=O) groups is 1. The van der Waals surface area contributed by atoms with Crippen molar-refractivity contribution in [2.45, 2.75) is 19.9 Å². The third-order valence-electron chi connectivity index (χ3n) is 2.96. The molecule has 1 atom stereocenters. The summed E-state index contributed by atoms with van der Waals surface area (Å²) in [7, 11) is 0. The molecule has 1 fully saturated rings. The maximum atomic E-state index is 11.9. The van der Waals surface area contributed by atoms with Crippen molar-refractivity contribution in [3.8, 4) is 0 Å². The molecule has 1 saturated heterocycles. The van der Waals surface area contributed by atoms with Gasteiger partial charge in [-0.25, -0.2) is 4.98 Å². The minimum atomic E-state index is -0.186. The third-order valence-corrected chi connectivity index (χ3v) is 2.96. The quantitative estimate of drug-likeness (QED) is 0.793. The Morgan fingerprint density at radius 3 is 2.94 bits per heavy atom. The number of hydrogen-bond acceptors (Lipinski definition) is 5. The van der Waals surface area contributed by atoms with Crippen molar-refractivity contribution in [1.82, 2.24) is 20.5 Å². The topological polar surface area (TPSA) is 70.4 Å². The lowest BCUT2D eigenvalue weighted by Gasteiger charge is -2.26. The van der Waals surface area contributed by atoms with Crippen LogP contribution in [0.3, 0.4) is 0 Å². The van der Waals surface area contributed by atoms with Crippen LogP contribution in [0.5, 0.6) is 0 Å². The van der Waals surface area contributed by atoms with E-state index >= 15 is 0 Å². The molecule has 2 heterocycles. The highest BCUT2D eigenvalue weighted by molar-refractivity contribution is 5.78. The number of hydrogen-bond donors (Lipinski definition) is 2. The van der Waals surface area contributed by atoms with Crippen LogP contribution in [0.15, 0.2) is 10.6 Å². The normalized spacial score (nSPS) is 18.6. The van der Waals surface area contributed by atoms with Crippen LogP contribution >= 0.6 is 0 Å². The number of oxazole rings is 1. The first-order chi connectivity index (χ1) is 8.65. The van der Waals surface area contributed by atoms with Crippen molar-refractivity contribution in [3.05, 3.63) is 17.8 Å². The van der Waals surface area contributed by atoms with Crippen molar-refractivity contribution in [3.63, 3.8) is 0 Å². The van der Waals surface area contributed by atoms with Gasteiger partial charge in [0.1, 0.15) is 11.8 Å². The molecule has 1 unspecified atom stereocenters. The van der Waals surface area contributed by atoms with Gasteiger partial charge in [-0.1, -0.05) is 0 Å². The van der Waals surface area contributed by atoms with Gasteiger partial charge in [0.05, 0.1) is 12.7 Å². The highest BCUT2D eigenvalue weighted by Crippen LogP contribution is 2.11. The third kappa shape index (κ3) is 3.54. The summed E-state index contributed by atoms with van der Waals surface area (Å²) in [5, 5.41) is 6.16. The molecule has 2 rings (SSSR count). The average Bonchev–Trinajstić information content (AvgIpc) is 2.77. The second kappa shape index (κ2) is 5.97. The fourth-order valence-corrected chi connectivity index (χ4v) is 1.99. The lowest BCUT2D eigenvalue weighted by Crippen LogP contribution is -2.47. The molecule has 1 aromatic rings. The number of nitrogens with one attached hydrogen (secondary N) is 2. The van der Waals surface area contributed by atoms with E-state index in [-0.39, 0.29) is 11.9 Å². The minimum Gasteiger partial charge on any atom is -0.444 e. The Hall–Kier alpha value is -1.40. The zero-order valence-corrected chi connectivity index (χ0v) is 10.9. The van der Waals surface area contributed by atoms with Crippen molar-refractivity contribution < 1.29 is 9.21 Å². The van der Waals surface area contributed by atoms with Crippen LogP contribution in [0, 0.1) is 6.92 Å². The first kappa shape index (κ1) is 13.0. The Kier molecular flexibility index (Phi) is 4.33. The minimum absolute atomic E-state index is 0.0141. The van der Waals surface area contributed by atoms with Crippen LogP contribution < -0.4 is 10.6 Å². The van der Waals surface area contributed by atoms with E-state index in [1.807, 2.05) is 13.8 Å². The molecule has 6 nitrogen and oxygen atoms in total. The fourth-order valence-electron chi connectivity index (χ4n) is 1.99. The monoisotopic (exact) mass is 252 g/mol. The van der Waals surface area contributed by atoms with Gasteiger partial charge in [-0.15, -0.1) is 0 Å². The second-order valence-electron chi connectivity index (χ2n) is 4.62. The van der Waals surface area contributed by atoms with E-state index in [4.69, 9.17) is 4.42 Å². The molecule has 1 amide bonds. The molecule has 0 radical (unpaired) electrons. The molecular formula is C12H20N4O2. The first-order valence-electron chi connectivity index (χ1n) is 6.30. The van der Waals surface area contributed by atoms with E-state index in [9.17, 15) is 4.79 Å². The van der Waals surface area contributed by atoms with Gasteiger partial charge in [0, 0.05) is 26.2 Å². The molecular weight excluding hydrogens is 232 g/mol. The lowest BCUT2D eigenvalue weighted by atomic mass is 10.3. The molecule has 0 aromatic carbocycles. The van der Waals surface area contributed by atoms with Crippen LogP contribution in [0.25, 0.3) is 0 Å². The number of carbonyl (C=O) groups excluding carboxylic acids is 1. The van der Waals surface area contributed by atoms with Crippen LogP contribution in [0.4, 0.5) is 0 Å². The van der Waals surface area contributed by atoms with Gasteiger partial charge in [0.15, 0.2) is 0 Å². The van der Waals surface area contributed by atoms with Gasteiger partial charge in [-0.05, 0) is 13.8 Å². The van der Waals surface area contributed by atoms with Crippen LogP contribution in [-0.4, -0.2) is 48.5 Å². The highest BCUT2D eigenvalue weighted by Gasteiger charge is 2.17. The number of piperazine rings is 1. The molecule has 6 heteroatoms. The predicted octanol–water partition coefficient (Wildman–Crippen LogP) is 0.0654. The van der Waals surface area contributed by atoms with Gasteiger partial charge in [0.25, 0.3) is 0 Å². The fraction of sp³-hybridized carbons (Fsp3) is 0.667. The van der Waals surface area contributed by atoms with E-state index < -0.39 is 0 Å². The Morgan fingerprint density at radius 1 is 1.61 bits per heavy atom. The SMILES string of the molecule is Cc1cnc(C(C)NC(=O)CN2CCNCC2)o1. The summed E-state index contributed by atoms with van der Waals surface area (Å²) < 4.78 is 5.39. The highest BCUT2D eigenvalue weighted by atomic mass is 16.4. The van der Waals surface area contributed by atoms with Crippen LogP contribution in [-0.2, 0) is 4.79 Å². The Morgan fingerprint density at radius 2 is 2.33 bits per heavy atom. The number of aryl methyl sites for hydroxylation is 1. The van der Waals surface area contributed by atoms with Crippen molar-refractivity contribution in [2.75, 3.05) is 32.7 Å². The molecule has 1 aliphatic heterocycles. The largest absolute Gasteiger partial charge is 0.444 e. The molecule has 0 spiro atoms. The number of aromatic nitrogens is 1. The van der Waals surface area contributed by atoms with Gasteiger partial charge in [0.2, 0.25) is 11.8 Å². The standard InChI is InChI=1S/C12H20N4O2/c1-9-7-14-12(18-9)10(2)15-11(17)8-16-5-3-13-4-6-16/h7,10,13H,3-6,8H2,1-2H3,(H,15,17). The molecule has 0 bridgehead atoms. The molecule has 0 aliphatic carbocycles. The summed E-state index contributed by atoms with van der Waals surface area (Å²) in [5.74, 6) is 1.33. The lowest BCUT2D eigenvalue weighted by molar-refractivity contribution is -0.123. The average molecular weight is 252 g/mol. The maximum absolute atomic E-state index is 11.9. The number of rotatable bonds is 4. The summed E-state index contributed by atoms with van der Waals surface area (Å²) in [6.45, 7) is 7.88. The smallest absolute Gasteiger partial charge is 0.234 e. The van der Waals surface area contributed by atoms with E-state index in [1.54, 1.807) is 6.20 Å². The second-order valence-corrected chi connectivity index (χ2v) is 4.62. The Bertz CT molecular complexity index is 399. The molecule has 2 N–H and O–H groups in total. The maximum Gasteiger partial charge on any atom is 0.234 e. The van der Waals surface area contributed by atoms with E-state index in [0.717, 1.165) is 31.9 Å². The van der Waals surface area contributed by atoms with E-state index in [1.165, 1.54) is 0 Å². The summed E-state index contributed by atoms with van der Waals surface area (Å²) in [4.78, 5) is 18.1. The summed E-state index contributed by atoms with van der Waals surface area (Å²) in [5.41, 5.74) is 0. The summed E-state index contributed by atoms with van der Waals surface area (Å²) >= 11 is 0. The van der Waals surface area contributed by atoms with Crippen LogP contribution in [0.1, 0.15) is 24.6 Å². The summed E-state index contributed by atoms with van der Waals surface area (Å²) in [6.07, 6.45) is 1.66. The predicted molar refractivity (Wildman–Crippen MR) is 67.1 cm³/mol. The van der Waals surface area contributed by atoms with Gasteiger partial charge < -0.3 is 15.1 Å². The number of amides is 1. The van der Waals surface area contributed by atoms with Gasteiger partial charge in [-0.2, -0.15) is 0 Å². The van der Waals surface area contributed by atoms with Crippen LogP contribution in [0.2, 0.25) is 0 Å². The molecule has 0 saturated carbocycles. The molecule has 100 valence electrons. The molecule has 1 aliphatic rings. The summed E-state index contributed by atoms with van der Waals surface area (Å²) in [6, 6.07) is -0.186. The van der Waals surface area contributed by atoms with E-state index in [2.05, 4.69) is 20.5 Å². The first-order valence-corrected chi connectivity index (χ1v) is 6.30. The van der Waals surface area contributed by atoms with Crippen molar-refractivity contribution in [1.29, 1.82) is 0 Å². The molecule has 18 heavy (non-hydrogen) atoms. The van der Waals surface area contributed by atoms with Crippen molar-refractivity contribution in [2.24, 2.45) is 0 Å². The zero-order chi connectivity index (χ0) is 13.0. The van der Waals surface area contributed by atoms with Crippen molar-refractivity contribution >= 4 is 5.91 Å². The zero-order valence-electron chi connectivity index (χ0n) is 10.9. The van der Waals surface area contributed by atoms with Gasteiger partial charge in [-0.3, -0.25) is 9.69 Å². The molecule has 1 aromatic heterocycles. The number of nitrogens with zero attached hydrogens (tertiary/aromatic N) is 2. The Balaban J connectivity index is 1.79. The Labute approximate surface area is 107 Å². The van der Waals surface area contributed by atoms with Gasteiger partial charge >= 0.3 is 0 Å².